The molecule has 0 spiro atoms. The molecule has 0 bridgehead atoms. The molecule has 0 amide bonds. The van der Waals surface area contributed by atoms with E-state index in [1.165, 1.54) is 17.1 Å². The smallest absolute Gasteiger partial charge is 0.0829 e. The van der Waals surface area contributed by atoms with Crippen LogP contribution in [0.2, 0.25) is 0 Å². The van der Waals surface area contributed by atoms with E-state index in [0.29, 0.717) is 11.8 Å². The molecule has 2 unspecified atom stereocenters. The maximum Gasteiger partial charge on any atom is 0.0829 e. The predicted octanol–water partition coefficient (Wildman–Crippen LogP) is 2.79. The molecule has 0 aromatic carbocycles. The maximum atomic E-state index is 6.49. The largest absolute Gasteiger partial charge is 0.323 e. The Kier molecular flexibility index (Phi) is 3.33. The van der Waals surface area contributed by atoms with Gasteiger partial charge in [0.1, 0.15) is 0 Å². The quantitative estimate of drug-likeness (QED) is 0.934. The first kappa shape index (κ1) is 12.7. The average molecular weight is 274 g/mol. The molecular formula is C14H18N4S. The van der Waals surface area contributed by atoms with Gasteiger partial charge in [-0.1, -0.05) is 24.4 Å². The van der Waals surface area contributed by atoms with Crippen LogP contribution in [0.5, 0.6) is 0 Å². The van der Waals surface area contributed by atoms with Gasteiger partial charge in [-0.3, -0.25) is 4.98 Å². The zero-order chi connectivity index (χ0) is 13.4. The molecule has 0 fully saturated rings. The number of pyridine rings is 1. The Balaban J connectivity index is 1.93. The van der Waals surface area contributed by atoms with Crippen molar-refractivity contribution in [3.63, 3.8) is 0 Å². The van der Waals surface area contributed by atoms with Crippen LogP contribution in [0.4, 0.5) is 0 Å². The number of hydrogen-bond donors (Lipinski definition) is 1. The average Bonchev–Trinajstić information content (AvgIpc) is 3.05. The van der Waals surface area contributed by atoms with Crippen molar-refractivity contribution in [1.29, 1.82) is 0 Å². The summed E-state index contributed by atoms with van der Waals surface area (Å²) in [6.45, 7) is 4.27. The van der Waals surface area contributed by atoms with Gasteiger partial charge in [0.2, 0.25) is 0 Å². The number of rotatable bonds is 3. The van der Waals surface area contributed by atoms with Gasteiger partial charge in [-0.25, -0.2) is 0 Å². The minimum Gasteiger partial charge on any atom is -0.323 e. The Hall–Kier alpha value is -1.33. The number of hydrogen-bond acceptors (Lipinski definition) is 5. The van der Waals surface area contributed by atoms with Gasteiger partial charge in [0.15, 0.2) is 0 Å². The lowest BCUT2D eigenvalue weighted by Gasteiger charge is -2.19. The van der Waals surface area contributed by atoms with E-state index in [4.69, 9.17) is 5.73 Å². The zero-order valence-corrected chi connectivity index (χ0v) is 12.0. The van der Waals surface area contributed by atoms with Crippen LogP contribution in [0, 0.1) is 0 Å². The third-order valence-electron chi connectivity index (χ3n) is 3.83. The molecule has 2 aromatic rings. The highest BCUT2D eigenvalue weighted by molar-refractivity contribution is 7.05. The minimum atomic E-state index is -0.0338. The van der Waals surface area contributed by atoms with Gasteiger partial charge >= 0.3 is 0 Å². The Morgan fingerprint density at radius 2 is 2.26 bits per heavy atom. The van der Waals surface area contributed by atoms with E-state index in [2.05, 4.69) is 34.5 Å². The van der Waals surface area contributed by atoms with Gasteiger partial charge in [0, 0.05) is 17.8 Å². The summed E-state index contributed by atoms with van der Waals surface area (Å²) in [6.07, 6.45) is 4.01. The standard InChI is InChI=1S/C14H18N4S/c1-8(2)12-14(19-18-17-12)11(15)10-6-5-9-4-3-7-16-13(9)10/h3-4,7-8,10-11H,5-6,15H2,1-2H3. The first-order valence-electron chi connectivity index (χ1n) is 6.70. The minimum absolute atomic E-state index is 0.0338. The molecule has 0 saturated carbocycles. The highest BCUT2D eigenvalue weighted by atomic mass is 32.1. The molecule has 0 saturated heterocycles. The highest BCUT2D eigenvalue weighted by Crippen LogP contribution is 2.41. The van der Waals surface area contributed by atoms with Crippen molar-refractivity contribution in [3.8, 4) is 0 Å². The van der Waals surface area contributed by atoms with Crippen molar-refractivity contribution in [1.82, 2.24) is 14.6 Å². The molecular weight excluding hydrogens is 256 g/mol. The molecule has 100 valence electrons. The summed E-state index contributed by atoms with van der Waals surface area (Å²) < 4.78 is 4.08. The van der Waals surface area contributed by atoms with E-state index >= 15 is 0 Å². The van der Waals surface area contributed by atoms with Crippen LogP contribution in [-0.2, 0) is 6.42 Å². The second-order valence-corrected chi connectivity index (χ2v) is 6.18. The molecule has 5 heteroatoms. The van der Waals surface area contributed by atoms with Crippen molar-refractivity contribution < 1.29 is 0 Å². The zero-order valence-electron chi connectivity index (χ0n) is 11.2. The third-order valence-corrected chi connectivity index (χ3v) is 4.67. The van der Waals surface area contributed by atoms with E-state index in [-0.39, 0.29) is 6.04 Å². The van der Waals surface area contributed by atoms with Gasteiger partial charge in [0.25, 0.3) is 0 Å². The first-order valence-corrected chi connectivity index (χ1v) is 7.47. The first-order chi connectivity index (χ1) is 9.18. The third kappa shape index (κ3) is 2.17. The van der Waals surface area contributed by atoms with Crippen molar-refractivity contribution in [2.45, 2.75) is 44.6 Å². The van der Waals surface area contributed by atoms with Gasteiger partial charge in [-0.05, 0) is 41.9 Å². The second kappa shape index (κ2) is 4.98. The van der Waals surface area contributed by atoms with E-state index < -0.39 is 0 Å². The molecule has 0 radical (unpaired) electrons. The molecule has 1 aliphatic rings. The second-order valence-electron chi connectivity index (χ2n) is 5.40. The lowest BCUT2D eigenvalue weighted by molar-refractivity contribution is 0.541. The number of nitrogens with zero attached hydrogens (tertiary/aromatic N) is 3. The van der Waals surface area contributed by atoms with Crippen LogP contribution in [0.15, 0.2) is 18.3 Å². The lowest BCUT2D eigenvalue weighted by atomic mass is 9.93. The molecule has 3 rings (SSSR count). The summed E-state index contributed by atoms with van der Waals surface area (Å²) in [5, 5.41) is 4.23. The monoisotopic (exact) mass is 274 g/mol. The van der Waals surface area contributed by atoms with Crippen molar-refractivity contribution in [2.24, 2.45) is 5.73 Å². The van der Waals surface area contributed by atoms with Crippen molar-refractivity contribution in [2.75, 3.05) is 0 Å². The van der Waals surface area contributed by atoms with E-state index in [1.807, 2.05) is 12.3 Å². The van der Waals surface area contributed by atoms with E-state index in [1.54, 1.807) is 0 Å². The number of nitrogens with two attached hydrogens (primary N) is 1. The topological polar surface area (TPSA) is 64.7 Å². The van der Waals surface area contributed by atoms with Crippen LogP contribution < -0.4 is 5.73 Å². The Labute approximate surface area is 117 Å². The lowest BCUT2D eigenvalue weighted by Crippen LogP contribution is -2.19. The van der Waals surface area contributed by atoms with Crippen molar-refractivity contribution in [3.05, 3.63) is 40.2 Å². The van der Waals surface area contributed by atoms with Gasteiger partial charge in [-0.2, -0.15) is 0 Å². The van der Waals surface area contributed by atoms with Crippen LogP contribution in [0.25, 0.3) is 0 Å². The number of aryl methyl sites for hydroxylation is 1. The maximum absolute atomic E-state index is 6.49. The normalized spacial score (nSPS) is 19.7. The Bertz CT molecular complexity index is 578. The van der Waals surface area contributed by atoms with Crippen LogP contribution in [0.1, 0.15) is 60.0 Å². The predicted molar refractivity (Wildman–Crippen MR) is 76.2 cm³/mol. The van der Waals surface area contributed by atoms with Gasteiger partial charge in [-0.15, -0.1) is 5.10 Å². The molecule has 1 aliphatic carbocycles. The molecule has 0 aliphatic heterocycles. The summed E-state index contributed by atoms with van der Waals surface area (Å²) in [7, 11) is 0. The summed E-state index contributed by atoms with van der Waals surface area (Å²) in [4.78, 5) is 5.65. The molecule has 2 atom stereocenters. The number of aromatic nitrogens is 3. The fourth-order valence-electron chi connectivity index (χ4n) is 2.81. The van der Waals surface area contributed by atoms with E-state index in [9.17, 15) is 0 Å². The molecule has 2 heterocycles. The summed E-state index contributed by atoms with van der Waals surface area (Å²) in [5.74, 6) is 0.667. The molecule has 19 heavy (non-hydrogen) atoms. The Morgan fingerprint density at radius 3 is 3.05 bits per heavy atom. The molecule has 2 aromatic heterocycles. The van der Waals surface area contributed by atoms with Gasteiger partial charge < -0.3 is 5.73 Å². The summed E-state index contributed by atoms with van der Waals surface area (Å²) in [5.41, 5.74) is 10.0. The molecule has 4 nitrogen and oxygen atoms in total. The van der Waals surface area contributed by atoms with E-state index in [0.717, 1.165) is 29.1 Å². The Morgan fingerprint density at radius 1 is 1.42 bits per heavy atom. The summed E-state index contributed by atoms with van der Waals surface area (Å²) >= 11 is 1.43. The highest BCUT2D eigenvalue weighted by Gasteiger charge is 2.32. The van der Waals surface area contributed by atoms with Gasteiger partial charge in [0.05, 0.1) is 16.6 Å². The fraction of sp³-hybridized carbons (Fsp3) is 0.500. The molecule has 2 N–H and O–H groups in total. The number of fused-ring (bicyclic) bond motifs is 1. The fourth-order valence-corrected chi connectivity index (χ4v) is 3.68. The summed E-state index contributed by atoms with van der Waals surface area (Å²) in [6, 6.07) is 4.12. The van der Waals surface area contributed by atoms with Crippen molar-refractivity contribution >= 4 is 11.5 Å². The van der Waals surface area contributed by atoms with Crippen LogP contribution in [-0.4, -0.2) is 14.6 Å². The SMILES string of the molecule is CC(C)c1nnsc1C(N)C1CCc2cccnc21. The van der Waals surface area contributed by atoms with Crippen LogP contribution >= 0.6 is 11.5 Å². The van der Waals surface area contributed by atoms with Crippen LogP contribution in [0.3, 0.4) is 0 Å².